The summed E-state index contributed by atoms with van der Waals surface area (Å²) >= 11 is 0. The number of hydrogen-bond acceptors (Lipinski definition) is 5. The summed E-state index contributed by atoms with van der Waals surface area (Å²) in [7, 11) is 0. The minimum absolute atomic E-state index is 0.0477. The van der Waals surface area contributed by atoms with Crippen molar-refractivity contribution < 1.29 is 14.3 Å². The Balaban J connectivity index is 1.58. The maximum absolute atomic E-state index is 13.3. The summed E-state index contributed by atoms with van der Waals surface area (Å²) in [5.41, 5.74) is 1.73. The number of guanidine groups is 1. The van der Waals surface area contributed by atoms with Crippen molar-refractivity contribution in [3.63, 3.8) is 0 Å². The van der Waals surface area contributed by atoms with Crippen LogP contribution in [0.15, 0.2) is 48.5 Å². The number of ether oxygens (including phenoxy) is 1. The van der Waals surface area contributed by atoms with Crippen LogP contribution in [-0.2, 0) is 4.79 Å². The molecule has 0 bridgehead atoms. The molecule has 2 aliphatic heterocycles. The summed E-state index contributed by atoms with van der Waals surface area (Å²) in [5, 5.41) is 24.3. The lowest BCUT2D eigenvalue weighted by Gasteiger charge is -2.44. The number of nitrogens with zero attached hydrogens (tertiary/aromatic N) is 2. The van der Waals surface area contributed by atoms with E-state index >= 15 is 0 Å². The number of amides is 2. The summed E-state index contributed by atoms with van der Waals surface area (Å²) in [6, 6.07) is 16.3. The van der Waals surface area contributed by atoms with E-state index in [-0.39, 0.29) is 36.7 Å². The van der Waals surface area contributed by atoms with Crippen molar-refractivity contribution in [3.05, 3.63) is 65.2 Å². The second-order valence-electron chi connectivity index (χ2n) is 9.44. The number of para-hydroxylation sites is 1. The third kappa shape index (κ3) is 5.06. The Labute approximate surface area is 212 Å². The lowest BCUT2D eigenvalue weighted by atomic mass is 9.85. The first-order valence-corrected chi connectivity index (χ1v) is 12.6. The molecule has 0 spiro atoms. The zero-order valence-corrected chi connectivity index (χ0v) is 20.8. The van der Waals surface area contributed by atoms with E-state index in [0.717, 1.165) is 29.7 Å². The zero-order valence-electron chi connectivity index (χ0n) is 20.8. The highest BCUT2D eigenvalue weighted by Crippen LogP contribution is 2.34. The summed E-state index contributed by atoms with van der Waals surface area (Å²) in [6.45, 7) is 4.55. The van der Waals surface area contributed by atoms with Gasteiger partial charge in [0.25, 0.3) is 5.91 Å². The molecule has 36 heavy (non-hydrogen) atoms. The van der Waals surface area contributed by atoms with Crippen LogP contribution in [-0.4, -0.2) is 34.8 Å². The van der Waals surface area contributed by atoms with Crippen molar-refractivity contribution in [1.29, 1.82) is 10.7 Å². The Bertz CT molecular complexity index is 1160. The monoisotopic (exact) mass is 487 g/mol. The molecule has 8 heteroatoms. The molecule has 2 aliphatic rings. The summed E-state index contributed by atoms with van der Waals surface area (Å²) in [5.74, 6) is 0.474. The molecule has 2 amide bonds. The van der Waals surface area contributed by atoms with Gasteiger partial charge in [0.2, 0.25) is 5.91 Å². The molecule has 2 heterocycles. The third-order valence-corrected chi connectivity index (χ3v) is 7.38. The van der Waals surface area contributed by atoms with E-state index in [1.54, 1.807) is 18.2 Å². The molecule has 0 saturated carbocycles. The second-order valence-corrected chi connectivity index (χ2v) is 9.44. The Morgan fingerprint density at radius 2 is 2.06 bits per heavy atom. The van der Waals surface area contributed by atoms with Gasteiger partial charge in [0, 0.05) is 29.5 Å². The van der Waals surface area contributed by atoms with Crippen molar-refractivity contribution >= 4 is 17.8 Å². The molecule has 0 radical (unpaired) electrons. The third-order valence-electron chi connectivity index (χ3n) is 7.38. The van der Waals surface area contributed by atoms with Crippen LogP contribution in [0.4, 0.5) is 0 Å². The Kier molecular flexibility index (Phi) is 7.58. The van der Waals surface area contributed by atoms with Crippen LogP contribution in [0.5, 0.6) is 5.75 Å². The van der Waals surface area contributed by atoms with Crippen LogP contribution in [0.3, 0.4) is 0 Å². The van der Waals surface area contributed by atoms with Crippen molar-refractivity contribution in [2.24, 2.45) is 0 Å². The van der Waals surface area contributed by atoms with E-state index in [4.69, 9.17) is 10.1 Å². The van der Waals surface area contributed by atoms with Gasteiger partial charge in [0.1, 0.15) is 5.75 Å². The van der Waals surface area contributed by atoms with E-state index in [1.165, 1.54) is 4.90 Å². The molecular formula is C28H33N5O3. The van der Waals surface area contributed by atoms with Gasteiger partial charge in [-0.1, -0.05) is 44.2 Å². The molecule has 0 aliphatic carbocycles. The SMILES string of the molecule is CCC1(CC)CC(=O)N(C(CCC#N)c2cccc(C(=O)N[C@H]3CCOc4ccccc43)c2)C(=N)N1. The van der Waals surface area contributed by atoms with Crippen LogP contribution < -0.4 is 15.4 Å². The average Bonchev–Trinajstić information content (AvgIpc) is 2.90. The standard InChI is InChI=1S/C28H33N5O3/c1-3-28(4-2)18-25(34)33(27(30)32-28)23(12-8-15-29)19-9-7-10-20(17-19)26(35)31-22-14-16-36-24-13-6-5-11-21(22)24/h5-7,9-11,13,17,22-23H,3-4,8,12,14,16,18H2,1-2H3,(H2,30,32)(H,31,35)/t22-,23?/m0/s1. The van der Waals surface area contributed by atoms with Gasteiger partial charge in [-0.3, -0.25) is 19.9 Å². The molecular weight excluding hydrogens is 454 g/mol. The number of hydrogen-bond donors (Lipinski definition) is 3. The quantitative estimate of drug-likeness (QED) is 0.503. The summed E-state index contributed by atoms with van der Waals surface area (Å²) in [6.07, 6.45) is 3.03. The number of nitriles is 1. The summed E-state index contributed by atoms with van der Waals surface area (Å²) in [4.78, 5) is 28.0. The Morgan fingerprint density at radius 3 is 2.78 bits per heavy atom. The molecule has 1 unspecified atom stereocenters. The fourth-order valence-corrected chi connectivity index (χ4v) is 5.13. The lowest BCUT2D eigenvalue weighted by Crippen LogP contribution is -2.62. The van der Waals surface area contributed by atoms with E-state index in [0.29, 0.717) is 25.0 Å². The van der Waals surface area contributed by atoms with Crippen molar-refractivity contribution in [3.8, 4) is 11.8 Å². The Morgan fingerprint density at radius 1 is 1.28 bits per heavy atom. The van der Waals surface area contributed by atoms with Gasteiger partial charge in [-0.15, -0.1) is 0 Å². The smallest absolute Gasteiger partial charge is 0.251 e. The molecule has 4 rings (SSSR count). The highest BCUT2D eigenvalue weighted by molar-refractivity contribution is 6.00. The van der Waals surface area contributed by atoms with Gasteiger partial charge in [0.05, 0.1) is 31.2 Å². The highest BCUT2D eigenvalue weighted by atomic mass is 16.5. The van der Waals surface area contributed by atoms with Gasteiger partial charge in [-0.05, 0) is 43.0 Å². The van der Waals surface area contributed by atoms with Crippen LogP contribution in [0.1, 0.15) is 85.9 Å². The highest BCUT2D eigenvalue weighted by Gasteiger charge is 2.42. The fourth-order valence-electron chi connectivity index (χ4n) is 5.13. The van der Waals surface area contributed by atoms with Gasteiger partial charge < -0.3 is 15.4 Å². The lowest BCUT2D eigenvalue weighted by molar-refractivity contribution is -0.132. The second kappa shape index (κ2) is 10.8. The number of benzene rings is 2. The topological polar surface area (TPSA) is 118 Å². The molecule has 2 atom stereocenters. The van der Waals surface area contributed by atoms with Crippen LogP contribution in [0.25, 0.3) is 0 Å². The van der Waals surface area contributed by atoms with E-state index in [1.807, 2.05) is 44.2 Å². The zero-order chi connectivity index (χ0) is 25.7. The van der Waals surface area contributed by atoms with Crippen molar-refractivity contribution in [2.45, 2.75) is 70.0 Å². The van der Waals surface area contributed by atoms with Crippen LogP contribution in [0.2, 0.25) is 0 Å². The molecule has 1 fully saturated rings. The van der Waals surface area contributed by atoms with Crippen molar-refractivity contribution in [1.82, 2.24) is 15.5 Å². The van der Waals surface area contributed by atoms with Gasteiger partial charge >= 0.3 is 0 Å². The summed E-state index contributed by atoms with van der Waals surface area (Å²) < 4.78 is 5.71. The minimum Gasteiger partial charge on any atom is -0.493 e. The minimum atomic E-state index is -0.514. The molecule has 0 aromatic heterocycles. The maximum atomic E-state index is 13.3. The number of nitrogens with one attached hydrogen (secondary N) is 3. The van der Waals surface area contributed by atoms with Crippen molar-refractivity contribution in [2.75, 3.05) is 6.61 Å². The van der Waals surface area contributed by atoms with E-state index < -0.39 is 11.6 Å². The largest absolute Gasteiger partial charge is 0.493 e. The van der Waals surface area contributed by atoms with Crippen LogP contribution in [0, 0.1) is 16.7 Å². The predicted octanol–water partition coefficient (Wildman–Crippen LogP) is 4.60. The Hall–Kier alpha value is -3.86. The molecule has 188 valence electrons. The molecule has 8 nitrogen and oxygen atoms in total. The molecule has 1 saturated heterocycles. The molecule has 3 N–H and O–H groups in total. The van der Waals surface area contributed by atoms with Gasteiger partial charge in [-0.25, -0.2) is 0 Å². The van der Waals surface area contributed by atoms with E-state index in [9.17, 15) is 14.9 Å². The number of fused-ring (bicyclic) bond motifs is 1. The van der Waals surface area contributed by atoms with E-state index in [2.05, 4.69) is 16.7 Å². The van der Waals surface area contributed by atoms with Crippen LogP contribution >= 0.6 is 0 Å². The molecule has 2 aromatic rings. The van der Waals surface area contributed by atoms with Gasteiger partial charge in [-0.2, -0.15) is 5.26 Å². The number of carbonyl (C=O) groups is 2. The average molecular weight is 488 g/mol. The normalized spacial score (nSPS) is 19.4. The first-order chi connectivity index (χ1) is 17.4. The first kappa shape index (κ1) is 25.2. The number of rotatable bonds is 8. The molecule has 2 aromatic carbocycles. The first-order valence-electron chi connectivity index (χ1n) is 12.6. The maximum Gasteiger partial charge on any atom is 0.251 e. The number of carbonyl (C=O) groups excluding carboxylic acids is 2. The van der Waals surface area contributed by atoms with Gasteiger partial charge in [0.15, 0.2) is 5.96 Å². The predicted molar refractivity (Wildman–Crippen MR) is 136 cm³/mol. The fraction of sp³-hybridized carbons (Fsp3) is 0.429.